The summed E-state index contributed by atoms with van der Waals surface area (Å²) in [5, 5.41) is 0. The maximum Gasteiger partial charge on any atom is 0.316 e. The first kappa shape index (κ1) is 9.88. The summed E-state index contributed by atoms with van der Waals surface area (Å²) < 4.78 is 4.39. The van der Waals surface area contributed by atoms with E-state index in [-0.39, 0.29) is 5.78 Å². The first-order valence-electron chi connectivity index (χ1n) is 3.37. The normalized spacial score (nSPS) is 13.0. The van der Waals surface area contributed by atoms with E-state index in [9.17, 15) is 9.59 Å². The van der Waals surface area contributed by atoms with Gasteiger partial charge in [0, 0.05) is 0 Å². The Kier molecular flexibility index (Phi) is 4.18. The molecule has 0 rings (SSSR count). The predicted molar refractivity (Wildman–Crippen MR) is 41.0 cm³/mol. The van der Waals surface area contributed by atoms with Crippen molar-refractivity contribution in [1.29, 1.82) is 0 Å². The van der Waals surface area contributed by atoms with E-state index >= 15 is 0 Å². The van der Waals surface area contributed by atoms with E-state index in [1.165, 1.54) is 20.1 Å². The summed E-state index contributed by atoms with van der Waals surface area (Å²) in [4.78, 5) is 21.7. The van der Waals surface area contributed by atoms with Crippen molar-refractivity contribution in [2.24, 2.45) is 5.92 Å². The second-order valence-electron chi connectivity index (χ2n) is 2.15. The molecule has 0 aromatic heterocycles. The SMILES string of the molecule is CC=CC(=O)C(C)C(=O)OC. The number of carbonyl (C=O) groups is 2. The number of rotatable bonds is 3. The molecule has 11 heavy (non-hydrogen) atoms. The molecule has 0 bridgehead atoms. The maximum absolute atomic E-state index is 11.0. The zero-order valence-electron chi connectivity index (χ0n) is 6.96. The van der Waals surface area contributed by atoms with E-state index in [0.29, 0.717) is 0 Å². The van der Waals surface area contributed by atoms with Crippen LogP contribution in [0.1, 0.15) is 13.8 Å². The number of ether oxygens (including phenoxy) is 1. The molecule has 3 heteroatoms. The summed E-state index contributed by atoms with van der Waals surface area (Å²) in [6.07, 6.45) is 2.96. The highest BCUT2D eigenvalue weighted by molar-refractivity contribution is 6.04. The van der Waals surface area contributed by atoms with Gasteiger partial charge in [-0.15, -0.1) is 0 Å². The van der Waals surface area contributed by atoms with Gasteiger partial charge in [0.05, 0.1) is 7.11 Å². The smallest absolute Gasteiger partial charge is 0.316 e. The summed E-state index contributed by atoms with van der Waals surface area (Å²) >= 11 is 0. The highest BCUT2D eigenvalue weighted by atomic mass is 16.5. The van der Waals surface area contributed by atoms with Gasteiger partial charge in [0.15, 0.2) is 5.78 Å². The second-order valence-corrected chi connectivity index (χ2v) is 2.15. The summed E-state index contributed by atoms with van der Waals surface area (Å²) in [6, 6.07) is 0. The first-order valence-corrected chi connectivity index (χ1v) is 3.37. The lowest BCUT2D eigenvalue weighted by Gasteiger charge is -2.03. The van der Waals surface area contributed by atoms with Gasteiger partial charge < -0.3 is 4.74 Å². The molecule has 62 valence electrons. The van der Waals surface area contributed by atoms with Crippen molar-refractivity contribution >= 4 is 11.8 Å². The fourth-order valence-corrected chi connectivity index (χ4v) is 0.602. The summed E-state index contributed by atoms with van der Waals surface area (Å²) in [5.41, 5.74) is 0. The number of esters is 1. The third kappa shape index (κ3) is 2.98. The van der Waals surface area contributed by atoms with Crippen LogP contribution in [0.25, 0.3) is 0 Å². The van der Waals surface area contributed by atoms with Crippen molar-refractivity contribution in [2.45, 2.75) is 13.8 Å². The first-order chi connectivity index (χ1) is 5.13. The van der Waals surface area contributed by atoms with Crippen molar-refractivity contribution in [1.82, 2.24) is 0 Å². The average molecular weight is 156 g/mol. The monoisotopic (exact) mass is 156 g/mol. The Hall–Kier alpha value is -1.12. The van der Waals surface area contributed by atoms with E-state index < -0.39 is 11.9 Å². The number of allylic oxidation sites excluding steroid dienone is 2. The highest BCUT2D eigenvalue weighted by Crippen LogP contribution is 2.00. The number of hydrogen-bond donors (Lipinski definition) is 0. The summed E-state index contributed by atoms with van der Waals surface area (Å²) in [7, 11) is 1.27. The number of methoxy groups -OCH3 is 1. The molecule has 0 saturated carbocycles. The molecule has 0 aliphatic carbocycles. The second kappa shape index (κ2) is 4.66. The third-order valence-corrected chi connectivity index (χ3v) is 1.31. The molecule has 1 atom stereocenters. The van der Waals surface area contributed by atoms with Crippen molar-refractivity contribution in [2.75, 3.05) is 7.11 Å². The van der Waals surface area contributed by atoms with Crippen molar-refractivity contribution in [3.63, 3.8) is 0 Å². The van der Waals surface area contributed by atoms with E-state index in [1.54, 1.807) is 13.0 Å². The summed E-state index contributed by atoms with van der Waals surface area (Å²) in [6.45, 7) is 3.25. The van der Waals surface area contributed by atoms with Crippen LogP contribution in [0.15, 0.2) is 12.2 Å². The van der Waals surface area contributed by atoms with Crippen molar-refractivity contribution in [3.05, 3.63) is 12.2 Å². The predicted octanol–water partition coefficient (Wildman–Crippen LogP) is 0.941. The average Bonchev–Trinajstić information content (AvgIpc) is 2.02. The molecule has 0 aliphatic heterocycles. The van der Waals surface area contributed by atoms with Gasteiger partial charge in [-0.05, 0) is 19.9 Å². The minimum atomic E-state index is -0.684. The molecule has 0 spiro atoms. The topological polar surface area (TPSA) is 43.4 Å². The molecule has 0 radical (unpaired) electrons. The molecule has 0 saturated heterocycles. The Balaban J connectivity index is 4.13. The zero-order chi connectivity index (χ0) is 8.85. The van der Waals surface area contributed by atoms with Crippen molar-refractivity contribution < 1.29 is 14.3 Å². The lowest BCUT2D eigenvalue weighted by atomic mass is 10.1. The van der Waals surface area contributed by atoms with Crippen LogP contribution in [-0.2, 0) is 14.3 Å². The Morgan fingerprint density at radius 3 is 2.36 bits per heavy atom. The van der Waals surface area contributed by atoms with E-state index in [1.807, 2.05) is 0 Å². The molecule has 0 aromatic carbocycles. The van der Waals surface area contributed by atoms with Crippen LogP contribution in [-0.4, -0.2) is 18.9 Å². The third-order valence-electron chi connectivity index (χ3n) is 1.31. The van der Waals surface area contributed by atoms with Crippen LogP contribution in [0, 0.1) is 5.92 Å². The van der Waals surface area contributed by atoms with Gasteiger partial charge in [0.25, 0.3) is 0 Å². The van der Waals surface area contributed by atoms with Gasteiger partial charge in [0.1, 0.15) is 5.92 Å². The molecule has 0 aliphatic rings. The molecule has 0 N–H and O–H groups in total. The molecular weight excluding hydrogens is 144 g/mol. The highest BCUT2D eigenvalue weighted by Gasteiger charge is 2.18. The van der Waals surface area contributed by atoms with Crippen LogP contribution in [0.4, 0.5) is 0 Å². The Labute approximate surface area is 66.0 Å². The quantitative estimate of drug-likeness (QED) is 0.347. The minimum Gasteiger partial charge on any atom is -0.468 e. The lowest BCUT2D eigenvalue weighted by Crippen LogP contribution is -2.20. The van der Waals surface area contributed by atoms with Gasteiger partial charge in [0.2, 0.25) is 0 Å². The largest absolute Gasteiger partial charge is 0.468 e. The molecule has 0 amide bonds. The van der Waals surface area contributed by atoms with E-state index in [0.717, 1.165) is 0 Å². The standard InChI is InChI=1S/C8H12O3/c1-4-5-7(9)6(2)8(10)11-3/h4-6H,1-3H3. The number of ketones is 1. The Morgan fingerprint density at radius 1 is 1.45 bits per heavy atom. The lowest BCUT2D eigenvalue weighted by molar-refractivity contribution is -0.147. The van der Waals surface area contributed by atoms with Crippen molar-refractivity contribution in [3.8, 4) is 0 Å². The van der Waals surface area contributed by atoms with Crippen LogP contribution >= 0.6 is 0 Å². The maximum atomic E-state index is 11.0. The van der Waals surface area contributed by atoms with Gasteiger partial charge in [-0.1, -0.05) is 6.08 Å². The minimum absolute atomic E-state index is 0.223. The van der Waals surface area contributed by atoms with Crippen LogP contribution in [0.2, 0.25) is 0 Å². The van der Waals surface area contributed by atoms with Gasteiger partial charge in [-0.3, -0.25) is 9.59 Å². The molecule has 1 unspecified atom stereocenters. The molecule has 0 fully saturated rings. The van der Waals surface area contributed by atoms with Gasteiger partial charge in [-0.25, -0.2) is 0 Å². The molecule has 3 nitrogen and oxygen atoms in total. The fraction of sp³-hybridized carbons (Fsp3) is 0.500. The Morgan fingerprint density at radius 2 is 2.00 bits per heavy atom. The van der Waals surface area contributed by atoms with Gasteiger partial charge in [-0.2, -0.15) is 0 Å². The Bertz CT molecular complexity index is 182. The number of hydrogen-bond acceptors (Lipinski definition) is 3. The van der Waals surface area contributed by atoms with Gasteiger partial charge >= 0.3 is 5.97 Å². The van der Waals surface area contributed by atoms with E-state index in [4.69, 9.17) is 0 Å². The zero-order valence-corrected chi connectivity index (χ0v) is 6.96. The fourth-order valence-electron chi connectivity index (χ4n) is 0.602. The van der Waals surface area contributed by atoms with Crippen LogP contribution in [0.5, 0.6) is 0 Å². The summed E-state index contributed by atoms with van der Waals surface area (Å²) in [5.74, 6) is -1.40. The van der Waals surface area contributed by atoms with Crippen LogP contribution < -0.4 is 0 Å². The number of carbonyl (C=O) groups excluding carboxylic acids is 2. The molecule has 0 heterocycles. The molecular formula is C8H12O3. The van der Waals surface area contributed by atoms with E-state index in [2.05, 4.69) is 4.74 Å². The van der Waals surface area contributed by atoms with Crippen LogP contribution in [0.3, 0.4) is 0 Å². The molecule has 0 aromatic rings.